The Morgan fingerprint density at radius 3 is 2.89 bits per heavy atom. The van der Waals surface area contributed by atoms with Crippen molar-refractivity contribution in [2.45, 2.75) is 57.6 Å². The number of aromatic nitrogens is 2. The first-order valence-electron chi connectivity index (χ1n) is 6.67. The summed E-state index contributed by atoms with van der Waals surface area (Å²) < 4.78 is 0.792. The van der Waals surface area contributed by atoms with Crippen LogP contribution in [-0.2, 0) is 6.42 Å². The van der Waals surface area contributed by atoms with Gasteiger partial charge >= 0.3 is 0 Å². The second-order valence-corrected chi connectivity index (χ2v) is 5.61. The van der Waals surface area contributed by atoms with E-state index in [4.69, 9.17) is 0 Å². The zero-order valence-electron chi connectivity index (χ0n) is 10.7. The maximum absolute atomic E-state index is 10.1. The quantitative estimate of drug-likeness (QED) is 0.665. The summed E-state index contributed by atoms with van der Waals surface area (Å²) in [5.41, 5.74) is 0. The van der Waals surface area contributed by atoms with Crippen molar-refractivity contribution < 1.29 is 5.11 Å². The molecule has 2 unspecified atom stereocenters. The van der Waals surface area contributed by atoms with E-state index in [1.54, 1.807) is 0 Å². The fourth-order valence-corrected chi connectivity index (χ4v) is 2.76. The Hall–Kier alpha value is -0.680. The zero-order chi connectivity index (χ0) is 13.0. The van der Waals surface area contributed by atoms with Gasteiger partial charge in [0.25, 0.3) is 0 Å². The Kier molecular flexibility index (Phi) is 4.95. The normalized spacial score (nSPS) is 24.6. The van der Waals surface area contributed by atoms with Gasteiger partial charge in [0.15, 0.2) is 0 Å². The summed E-state index contributed by atoms with van der Waals surface area (Å²) in [6.07, 6.45) is 5.92. The number of anilines is 1. The molecule has 0 aromatic carbocycles. The van der Waals surface area contributed by atoms with Crippen LogP contribution in [0.15, 0.2) is 10.7 Å². The fourth-order valence-electron chi connectivity index (χ4n) is 2.34. The van der Waals surface area contributed by atoms with Gasteiger partial charge in [-0.15, -0.1) is 0 Å². The van der Waals surface area contributed by atoms with E-state index in [9.17, 15) is 5.11 Å². The molecule has 1 heterocycles. The Bertz CT molecular complexity index is 400. The molecule has 0 radical (unpaired) electrons. The average Bonchev–Trinajstić information content (AvgIpc) is 2.54. The molecular formula is C13H20BrN3O. The van der Waals surface area contributed by atoms with Crippen LogP contribution >= 0.6 is 15.9 Å². The molecule has 2 N–H and O–H groups in total. The molecule has 2 rings (SSSR count). The molecule has 2 atom stereocenters. The first-order chi connectivity index (χ1) is 8.69. The van der Waals surface area contributed by atoms with Gasteiger partial charge in [-0.25, -0.2) is 9.97 Å². The Morgan fingerprint density at radius 2 is 2.11 bits per heavy atom. The Balaban J connectivity index is 2.09. The lowest BCUT2D eigenvalue weighted by atomic mass is 10.1. The van der Waals surface area contributed by atoms with Crippen molar-refractivity contribution in [1.82, 2.24) is 9.97 Å². The lowest BCUT2D eigenvalue weighted by Gasteiger charge is -2.22. The molecule has 1 aromatic heterocycles. The molecule has 1 saturated carbocycles. The minimum absolute atomic E-state index is 0.110. The van der Waals surface area contributed by atoms with Crippen LogP contribution < -0.4 is 5.32 Å². The van der Waals surface area contributed by atoms with E-state index in [0.29, 0.717) is 0 Å². The second kappa shape index (κ2) is 6.48. The highest BCUT2D eigenvalue weighted by Gasteiger charge is 2.21. The molecule has 4 nitrogen and oxygen atoms in total. The summed E-state index contributed by atoms with van der Waals surface area (Å²) in [6, 6.07) is 1.98. The largest absolute Gasteiger partial charge is 0.391 e. The molecule has 0 saturated heterocycles. The van der Waals surface area contributed by atoms with E-state index in [1.807, 2.05) is 13.0 Å². The van der Waals surface area contributed by atoms with Gasteiger partial charge in [-0.3, -0.25) is 0 Å². The number of rotatable bonds is 3. The molecule has 1 aromatic rings. The maximum Gasteiger partial charge on any atom is 0.131 e. The minimum Gasteiger partial charge on any atom is -0.391 e. The van der Waals surface area contributed by atoms with E-state index in [2.05, 4.69) is 31.2 Å². The van der Waals surface area contributed by atoms with Gasteiger partial charge < -0.3 is 10.4 Å². The number of aliphatic hydroxyl groups excluding tert-OH is 1. The highest BCUT2D eigenvalue weighted by molar-refractivity contribution is 9.10. The monoisotopic (exact) mass is 313 g/mol. The third-order valence-electron chi connectivity index (χ3n) is 3.37. The third kappa shape index (κ3) is 3.65. The highest BCUT2D eigenvalue weighted by atomic mass is 79.9. The van der Waals surface area contributed by atoms with Gasteiger partial charge in [0, 0.05) is 12.5 Å². The highest BCUT2D eigenvalue weighted by Crippen LogP contribution is 2.22. The molecule has 0 aliphatic heterocycles. The number of hydrogen-bond acceptors (Lipinski definition) is 4. The van der Waals surface area contributed by atoms with Crippen LogP contribution in [0.25, 0.3) is 0 Å². The fraction of sp³-hybridized carbons (Fsp3) is 0.692. The smallest absolute Gasteiger partial charge is 0.131 e. The second-order valence-electron chi connectivity index (χ2n) is 4.80. The van der Waals surface area contributed by atoms with E-state index in [0.717, 1.165) is 41.9 Å². The van der Waals surface area contributed by atoms with Crippen molar-refractivity contribution >= 4 is 21.7 Å². The number of nitrogens with zero attached hydrogens (tertiary/aromatic N) is 2. The lowest BCUT2D eigenvalue weighted by molar-refractivity contribution is 0.144. The number of aryl methyl sites for hydroxylation is 1. The van der Waals surface area contributed by atoms with Gasteiger partial charge in [-0.2, -0.15) is 0 Å². The third-order valence-corrected chi connectivity index (χ3v) is 3.78. The van der Waals surface area contributed by atoms with E-state index in [1.165, 1.54) is 12.8 Å². The standard InChI is InChI=1S/C13H20BrN3O/c1-2-12-16-11(14)8-13(17-12)15-9-6-4-3-5-7-10(9)18/h8-10,18H,2-7H2,1H3,(H,15,16,17). The number of aliphatic hydroxyl groups is 1. The van der Waals surface area contributed by atoms with Crippen molar-refractivity contribution in [2.75, 3.05) is 5.32 Å². The molecular weight excluding hydrogens is 294 g/mol. The Morgan fingerprint density at radius 1 is 1.33 bits per heavy atom. The van der Waals surface area contributed by atoms with Crippen molar-refractivity contribution in [3.05, 3.63) is 16.5 Å². The van der Waals surface area contributed by atoms with Crippen LogP contribution in [0.4, 0.5) is 5.82 Å². The molecule has 1 aliphatic carbocycles. The average molecular weight is 314 g/mol. The van der Waals surface area contributed by atoms with Crippen LogP contribution in [0.5, 0.6) is 0 Å². The molecule has 100 valence electrons. The van der Waals surface area contributed by atoms with Crippen LogP contribution in [-0.4, -0.2) is 27.2 Å². The Labute approximate surface area is 116 Å². The van der Waals surface area contributed by atoms with Crippen LogP contribution in [0.2, 0.25) is 0 Å². The van der Waals surface area contributed by atoms with Crippen LogP contribution in [0.3, 0.4) is 0 Å². The zero-order valence-corrected chi connectivity index (χ0v) is 12.3. The summed E-state index contributed by atoms with van der Waals surface area (Å²) in [5.74, 6) is 1.62. The molecule has 5 heteroatoms. The molecule has 0 bridgehead atoms. The van der Waals surface area contributed by atoms with Gasteiger partial charge in [-0.05, 0) is 28.8 Å². The minimum atomic E-state index is -0.272. The predicted molar refractivity (Wildman–Crippen MR) is 75.6 cm³/mol. The topological polar surface area (TPSA) is 58.0 Å². The lowest BCUT2D eigenvalue weighted by Crippen LogP contribution is -2.32. The van der Waals surface area contributed by atoms with E-state index >= 15 is 0 Å². The number of hydrogen-bond donors (Lipinski definition) is 2. The number of halogens is 1. The van der Waals surface area contributed by atoms with Gasteiger partial charge in [-0.1, -0.05) is 26.2 Å². The summed E-state index contributed by atoms with van der Waals surface area (Å²) in [7, 11) is 0. The summed E-state index contributed by atoms with van der Waals surface area (Å²) in [4.78, 5) is 8.73. The molecule has 0 amide bonds. The van der Waals surface area contributed by atoms with Gasteiger partial charge in [0.05, 0.1) is 12.1 Å². The van der Waals surface area contributed by atoms with E-state index in [-0.39, 0.29) is 12.1 Å². The van der Waals surface area contributed by atoms with Gasteiger partial charge in [0.2, 0.25) is 0 Å². The number of nitrogens with one attached hydrogen (secondary N) is 1. The van der Waals surface area contributed by atoms with Crippen LogP contribution in [0.1, 0.15) is 44.9 Å². The van der Waals surface area contributed by atoms with Crippen molar-refractivity contribution in [2.24, 2.45) is 0 Å². The first-order valence-corrected chi connectivity index (χ1v) is 7.46. The maximum atomic E-state index is 10.1. The van der Waals surface area contributed by atoms with Crippen molar-refractivity contribution in [1.29, 1.82) is 0 Å². The predicted octanol–water partition coefficient (Wildman–Crippen LogP) is 2.91. The summed E-state index contributed by atoms with van der Waals surface area (Å²) in [5, 5.41) is 13.4. The SMILES string of the molecule is CCc1nc(Br)cc(NC2CCCCCC2O)n1. The van der Waals surface area contributed by atoms with Crippen molar-refractivity contribution in [3.8, 4) is 0 Å². The first kappa shape index (κ1) is 13.7. The molecule has 1 fully saturated rings. The van der Waals surface area contributed by atoms with Crippen LogP contribution in [0, 0.1) is 0 Å². The molecule has 18 heavy (non-hydrogen) atoms. The summed E-state index contributed by atoms with van der Waals surface area (Å²) in [6.45, 7) is 2.03. The van der Waals surface area contributed by atoms with Crippen molar-refractivity contribution in [3.63, 3.8) is 0 Å². The summed E-state index contributed by atoms with van der Waals surface area (Å²) >= 11 is 3.40. The molecule has 1 aliphatic rings. The van der Waals surface area contributed by atoms with E-state index < -0.39 is 0 Å². The molecule has 0 spiro atoms. The van der Waals surface area contributed by atoms with Gasteiger partial charge in [0.1, 0.15) is 16.2 Å².